The number of amides is 4. The lowest BCUT2D eigenvalue weighted by Gasteiger charge is -2.35. The summed E-state index contributed by atoms with van der Waals surface area (Å²) in [6, 6.07) is 12.2. The third kappa shape index (κ3) is 28.7. The standard InChI is InChI=1S/C55H83N9O14S/c1-61-27-28-62(2)36-42(63(3)30-32-64(31-29-61)37-51(71)72)34-39-18-20-41(21-19-39)57-48(79)17-10-5-4-9-16-47(66)58-43(22-24-49(67)68)46(65)35-40(33-38-13-7-6-8-14-38)52(73)56-26-12-11-15-44(53(74)75)59-55(78)60-45(54(76)77)23-25-50(69)70/h6-8,13-14,18-21,40,42-45H,4-5,9-12,15-17,22-37H2,1-3H3,(H,56,73)(H,57,79)(H,58,66)(H,67,68)(H,69,70)(H,71,72)(H,74,75)(H,76,77)(H2,59,60,78)/t40-,42+,43+,44+,45+/m1/s1. The highest BCUT2D eigenvalue weighted by Gasteiger charge is 2.30. The van der Waals surface area contributed by atoms with Gasteiger partial charge in [-0.3, -0.25) is 33.7 Å². The van der Waals surface area contributed by atoms with Gasteiger partial charge in [-0.1, -0.05) is 67.5 Å². The number of carbonyl (C=O) groups is 9. The molecule has 0 aliphatic carbocycles. The SMILES string of the molecule is CN1CCN(C)C[C@H](Cc2ccc(NC(=S)CCCCCCC(=O)N[C@@H](CCC(=O)O)C(=O)C[C@@H](Cc3ccccc3)C(=O)NCCCC[C@H](NC(=O)N[C@@H](CCC(=O)O)C(=O)O)C(=O)O)cc2)N(C)CCN(CC(=O)O)CC1. The van der Waals surface area contributed by atoms with E-state index in [9.17, 15) is 63.6 Å². The smallest absolute Gasteiger partial charge is 0.326 e. The van der Waals surface area contributed by atoms with Crippen molar-refractivity contribution in [3.05, 3.63) is 65.7 Å². The lowest BCUT2D eigenvalue weighted by molar-refractivity contribution is -0.141. The van der Waals surface area contributed by atoms with Crippen molar-refractivity contribution in [2.24, 2.45) is 5.92 Å². The van der Waals surface area contributed by atoms with Crippen molar-refractivity contribution in [3.8, 4) is 0 Å². The van der Waals surface area contributed by atoms with Crippen LogP contribution in [0.15, 0.2) is 54.6 Å². The maximum atomic E-state index is 13.8. The van der Waals surface area contributed by atoms with Gasteiger partial charge in [-0.05, 0) is 109 Å². The number of likely N-dealkylation sites (N-methyl/N-ethyl adjacent to an activating group) is 3. The average Bonchev–Trinajstić information content (AvgIpc) is 3.39. The molecule has 438 valence electrons. The van der Waals surface area contributed by atoms with Gasteiger partial charge in [-0.15, -0.1) is 0 Å². The van der Waals surface area contributed by atoms with E-state index in [2.05, 4.69) is 74.6 Å². The minimum Gasteiger partial charge on any atom is -0.481 e. The number of carboxylic acids is 5. The lowest BCUT2D eigenvalue weighted by Crippen LogP contribution is -2.51. The first-order chi connectivity index (χ1) is 37.6. The van der Waals surface area contributed by atoms with Gasteiger partial charge in [0.05, 0.1) is 17.6 Å². The molecule has 0 spiro atoms. The summed E-state index contributed by atoms with van der Waals surface area (Å²) in [6.07, 6.45) is 3.07. The van der Waals surface area contributed by atoms with Gasteiger partial charge in [-0.25, -0.2) is 14.4 Å². The Kier molecular flexibility index (Phi) is 30.8. The molecule has 4 amide bonds. The van der Waals surface area contributed by atoms with Crippen LogP contribution >= 0.6 is 12.2 Å². The Morgan fingerprint density at radius 2 is 1.18 bits per heavy atom. The highest BCUT2D eigenvalue weighted by molar-refractivity contribution is 7.80. The highest BCUT2D eigenvalue weighted by atomic mass is 32.1. The van der Waals surface area contributed by atoms with Crippen LogP contribution in [-0.4, -0.2) is 208 Å². The Morgan fingerprint density at radius 3 is 1.80 bits per heavy atom. The number of carbonyl (C=O) groups excluding carboxylic acids is 4. The van der Waals surface area contributed by atoms with Crippen LogP contribution in [0.25, 0.3) is 0 Å². The molecule has 0 unspecified atom stereocenters. The highest BCUT2D eigenvalue weighted by Crippen LogP contribution is 2.19. The Bertz CT molecular complexity index is 2300. The third-order valence-electron chi connectivity index (χ3n) is 13.8. The molecule has 1 saturated heterocycles. The second-order valence-corrected chi connectivity index (χ2v) is 21.0. The van der Waals surface area contributed by atoms with Gasteiger partial charge in [0.25, 0.3) is 0 Å². The van der Waals surface area contributed by atoms with E-state index in [1.54, 1.807) is 30.3 Å². The Balaban J connectivity index is 1.47. The van der Waals surface area contributed by atoms with Crippen LogP contribution in [0, 0.1) is 5.92 Å². The summed E-state index contributed by atoms with van der Waals surface area (Å²) in [4.78, 5) is 120. The van der Waals surface area contributed by atoms with Gasteiger partial charge in [0.2, 0.25) is 11.8 Å². The van der Waals surface area contributed by atoms with E-state index >= 15 is 0 Å². The Labute approximate surface area is 468 Å². The number of nitrogens with zero attached hydrogens (tertiary/aromatic N) is 4. The van der Waals surface area contributed by atoms with E-state index in [0.29, 0.717) is 37.3 Å². The van der Waals surface area contributed by atoms with Crippen molar-refractivity contribution in [2.45, 2.75) is 127 Å². The molecule has 2 aromatic carbocycles. The molecule has 0 radical (unpaired) electrons. The molecule has 1 aliphatic rings. The number of ketones is 1. The molecule has 0 aromatic heterocycles. The van der Waals surface area contributed by atoms with Crippen molar-refractivity contribution >= 4 is 76.4 Å². The number of rotatable bonds is 34. The molecule has 10 N–H and O–H groups in total. The molecular weight excluding hydrogens is 1040 g/mol. The van der Waals surface area contributed by atoms with Gasteiger partial charge in [0.15, 0.2) is 5.78 Å². The van der Waals surface area contributed by atoms with E-state index in [1.165, 1.54) is 5.56 Å². The number of nitrogens with one attached hydrogen (secondary N) is 5. The number of carboxylic acid groups (broad SMARTS) is 5. The fraction of sp³-hybridized carbons (Fsp3) is 0.600. The van der Waals surface area contributed by atoms with Crippen LogP contribution < -0.4 is 26.6 Å². The number of urea groups is 1. The van der Waals surface area contributed by atoms with E-state index in [0.717, 1.165) is 63.2 Å². The van der Waals surface area contributed by atoms with Crippen molar-refractivity contribution in [1.29, 1.82) is 0 Å². The number of aliphatic carboxylic acids is 5. The minimum atomic E-state index is -1.56. The molecule has 2 aromatic rings. The lowest BCUT2D eigenvalue weighted by atomic mass is 9.90. The molecule has 23 nitrogen and oxygen atoms in total. The molecule has 24 heteroatoms. The predicted octanol–water partition coefficient (Wildman–Crippen LogP) is 3.40. The Morgan fingerprint density at radius 1 is 0.595 bits per heavy atom. The van der Waals surface area contributed by atoms with Gasteiger partial charge >= 0.3 is 35.9 Å². The summed E-state index contributed by atoms with van der Waals surface area (Å²) in [5.41, 5.74) is 2.82. The van der Waals surface area contributed by atoms with Crippen molar-refractivity contribution in [1.82, 2.24) is 40.9 Å². The second kappa shape index (κ2) is 36.5. The van der Waals surface area contributed by atoms with Crippen LogP contribution in [0.5, 0.6) is 0 Å². The normalized spacial score (nSPS) is 16.6. The number of anilines is 1. The summed E-state index contributed by atoms with van der Waals surface area (Å²) in [5, 5.41) is 59.8. The monoisotopic (exact) mass is 1130 g/mol. The fourth-order valence-corrected chi connectivity index (χ4v) is 9.29. The average molecular weight is 1130 g/mol. The topological polar surface area (TPSA) is 328 Å². The van der Waals surface area contributed by atoms with Crippen LogP contribution in [0.2, 0.25) is 0 Å². The van der Waals surface area contributed by atoms with E-state index in [1.807, 2.05) is 17.0 Å². The first-order valence-corrected chi connectivity index (χ1v) is 27.5. The molecule has 1 fully saturated rings. The molecular formula is C55H83N9O14S. The second-order valence-electron chi connectivity index (χ2n) is 20.5. The predicted molar refractivity (Wildman–Crippen MR) is 300 cm³/mol. The number of hydrogen-bond donors (Lipinski definition) is 10. The zero-order valence-electron chi connectivity index (χ0n) is 45.9. The zero-order valence-corrected chi connectivity index (χ0v) is 46.7. The third-order valence-corrected chi connectivity index (χ3v) is 14.1. The summed E-state index contributed by atoms with van der Waals surface area (Å²) in [6.45, 7) is 5.69. The largest absolute Gasteiger partial charge is 0.481 e. The van der Waals surface area contributed by atoms with Crippen molar-refractivity contribution < 1.29 is 68.7 Å². The van der Waals surface area contributed by atoms with E-state index < -0.39 is 96.8 Å². The van der Waals surface area contributed by atoms with E-state index in [4.69, 9.17) is 17.3 Å². The summed E-state index contributed by atoms with van der Waals surface area (Å²) in [7, 11) is 6.32. The number of thiocarbonyl (C=S) groups is 1. The van der Waals surface area contributed by atoms with Crippen LogP contribution in [0.1, 0.15) is 101 Å². The summed E-state index contributed by atoms with van der Waals surface area (Å²) >= 11 is 5.66. The molecule has 0 saturated carbocycles. The van der Waals surface area contributed by atoms with Gasteiger partial charge in [-0.2, -0.15) is 0 Å². The van der Waals surface area contributed by atoms with Crippen molar-refractivity contribution in [3.63, 3.8) is 0 Å². The van der Waals surface area contributed by atoms with Crippen molar-refractivity contribution in [2.75, 3.05) is 85.4 Å². The van der Waals surface area contributed by atoms with Crippen LogP contribution in [0.4, 0.5) is 10.5 Å². The van der Waals surface area contributed by atoms with Gasteiger partial charge in [0, 0.05) is 95.7 Å². The number of hydrogen-bond acceptors (Lipinski definition) is 14. The quantitative estimate of drug-likeness (QED) is 0.0355. The van der Waals surface area contributed by atoms with Crippen LogP contribution in [-0.2, 0) is 51.2 Å². The molecule has 1 aliphatic heterocycles. The molecule has 79 heavy (non-hydrogen) atoms. The van der Waals surface area contributed by atoms with Crippen LogP contribution in [0.3, 0.4) is 0 Å². The number of unbranched alkanes of at least 4 members (excludes halogenated alkanes) is 4. The number of benzene rings is 2. The summed E-state index contributed by atoms with van der Waals surface area (Å²) in [5.74, 6) is -8.44. The first kappa shape index (κ1) is 66.7. The maximum Gasteiger partial charge on any atom is 0.326 e. The first-order valence-electron chi connectivity index (χ1n) is 27.1. The van der Waals surface area contributed by atoms with Gasteiger partial charge < -0.3 is 66.8 Å². The maximum absolute atomic E-state index is 13.8. The minimum absolute atomic E-state index is 0.0196. The van der Waals surface area contributed by atoms with Gasteiger partial charge in [0.1, 0.15) is 12.1 Å². The molecule has 1 heterocycles. The summed E-state index contributed by atoms with van der Waals surface area (Å²) < 4.78 is 0. The molecule has 5 atom stereocenters. The molecule has 3 rings (SSSR count). The number of Topliss-reactive ketones (excluding diaryl/α,β-unsaturated/α-hetero) is 1. The molecule has 0 bridgehead atoms. The fourth-order valence-electron chi connectivity index (χ4n) is 9.02. The Hall–Kier alpha value is -6.60. The zero-order chi connectivity index (χ0) is 58.3. The van der Waals surface area contributed by atoms with E-state index in [-0.39, 0.29) is 64.1 Å².